The minimum atomic E-state index is -2.99. The molecule has 0 bridgehead atoms. The highest BCUT2D eigenvalue weighted by molar-refractivity contribution is 5.95. The van der Waals surface area contributed by atoms with Crippen molar-refractivity contribution in [2.75, 3.05) is 20.2 Å². The lowest BCUT2D eigenvalue weighted by Gasteiger charge is -2.12. The van der Waals surface area contributed by atoms with E-state index in [1.54, 1.807) is 24.3 Å². The van der Waals surface area contributed by atoms with Crippen LogP contribution < -0.4 is 20.1 Å². The van der Waals surface area contributed by atoms with Gasteiger partial charge in [0.2, 0.25) is 0 Å². The van der Waals surface area contributed by atoms with Crippen molar-refractivity contribution in [3.05, 3.63) is 59.7 Å². The number of nitrogens with one attached hydrogen (secondary N) is 2. The summed E-state index contributed by atoms with van der Waals surface area (Å²) < 4.78 is 33.8. The minimum absolute atomic E-state index is 0.0235. The molecule has 2 aromatic carbocycles. The average Bonchev–Trinajstić information content (AvgIpc) is 2.65. The SMILES string of the molecule is COc1cc(C(=O)NCCNC(=O)c2ccccc2)ccc1OC(F)F. The number of hydrogen-bond acceptors (Lipinski definition) is 4. The molecule has 2 amide bonds. The molecule has 2 aromatic rings. The summed E-state index contributed by atoms with van der Waals surface area (Å²) in [5.41, 5.74) is 0.746. The Morgan fingerprint density at radius 1 is 0.923 bits per heavy atom. The number of hydrogen-bond donors (Lipinski definition) is 2. The van der Waals surface area contributed by atoms with Gasteiger partial charge in [0, 0.05) is 24.2 Å². The van der Waals surface area contributed by atoms with Crippen molar-refractivity contribution in [3.8, 4) is 11.5 Å². The van der Waals surface area contributed by atoms with Crippen molar-refractivity contribution in [3.63, 3.8) is 0 Å². The molecule has 6 nitrogen and oxygen atoms in total. The Morgan fingerprint density at radius 3 is 2.12 bits per heavy atom. The Balaban J connectivity index is 1.85. The van der Waals surface area contributed by atoms with Gasteiger partial charge in [-0.2, -0.15) is 8.78 Å². The predicted octanol–water partition coefficient (Wildman–Crippen LogP) is 2.46. The van der Waals surface area contributed by atoms with Gasteiger partial charge in [-0.3, -0.25) is 9.59 Å². The van der Waals surface area contributed by atoms with Gasteiger partial charge < -0.3 is 20.1 Å². The smallest absolute Gasteiger partial charge is 0.387 e. The molecule has 26 heavy (non-hydrogen) atoms. The Morgan fingerprint density at radius 2 is 1.54 bits per heavy atom. The summed E-state index contributed by atoms with van der Waals surface area (Å²) in [6, 6.07) is 12.6. The second kappa shape index (κ2) is 9.36. The van der Waals surface area contributed by atoms with Crippen LogP contribution in [0.25, 0.3) is 0 Å². The van der Waals surface area contributed by atoms with Crippen LogP contribution in [0.5, 0.6) is 11.5 Å². The summed E-state index contributed by atoms with van der Waals surface area (Å²) in [7, 11) is 1.29. The standard InChI is InChI=1S/C18H18F2N2O4/c1-25-15-11-13(7-8-14(15)26-18(19)20)17(24)22-10-9-21-16(23)12-5-3-2-4-6-12/h2-8,11,18H,9-10H2,1H3,(H,21,23)(H,22,24). The molecule has 0 spiro atoms. The summed E-state index contributed by atoms with van der Waals surface area (Å²) in [6.07, 6.45) is 0. The summed E-state index contributed by atoms with van der Waals surface area (Å²) >= 11 is 0. The van der Waals surface area contributed by atoms with Gasteiger partial charge in [-0.05, 0) is 30.3 Å². The highest BCUT2D eigenvalue weighted by atomic mass is 19.3. The summed E-state index contributed by atoms with van der Waals surface area (Å²) in [5.74, 6) is -0.805. The number of benzene rings is 2. The fraction of sp³-hybridized carbons (Fsp3) is 0.222. The van der Waals surface area contributed by atoms with Gasteiger partial charge in [0.15, 0.2) is 11.5 Å². The highest BCUT2D eigenvalue weighted by Crippen LogP contribution is 2.29. The molecule has 0 saturated heterocycles. The molecule has 0 aliphatic heterocycles. The molecule has 0 saturated carbocycles. The van der Waals surface area contributed by atoms with Crippen LogP contribution in [0.3, 0.4) is 0 Å². The van der Waals surface area contributed by atoms with Gasteiger partial charge in [-0.15, -0.1) is 0 Å². The minimum Gasteiger partial charge on any atom is -0.493 e. The monoisotopic (exact) mass is 364 g/mol. The largest absolute Gasteiger partial charge is 0.493 e. The van der Waals surface area contributed by atoms with Crippen LogP contribution in [-0.4, -0.2) is 38.6 Å². The van der Waals surface area contributed by atoms with Crippen molar-refractivity contribution in [1.29, 1.82) is 0 Å². The van der Waals surface area contributed by atoms with Crippen LogP contribution >= 0.6 is 0 Å². The molecule has 0 fully saturated rings. The van der Waals surface area contributed by atoms with Crippen LogP contribution in [0, 0.1) is 0 Å². The van der Waals surface area contributed by atoms with Crippen LogP contribution in [0.2, 0.25) is 0 Å². The summed E-state index contributed by atoms with van der Waals surface area (Å²) in [6.45, 7) is -2.55. The summed E-state index contributed by atoms with van der Waals surface area (Å²) in [4.78, 5) is 23.9. The topological polar surface area (TPSA) is 76.7 Å². The first kappa shape index (κ1) is 19.2. The number of rotatable bonds is 8. The molecule has 0 heterocycles. The quantitative estimate of drug-likeness (QED) is 0.706. The fourth-order valence-corrected chi connectivity index (χ4v) is 2.15. The number of alkyl halides is 2. The van der Waals surface area contributed by atoms with Crippen LogP contribution in [0.15, 0.2) is 48.5 Å². The second-order valence-electron chi connectivity index (χ2n) is 5.12. The maximum atomic E-state index is 12.3. The van der Waals surface area contributed by atoms with Gasteiger partial charge in [-0.25, -0.2) is 0 Å². The Kier molecular flexibility index (Phi) is 6.90. The average molecular weight is 364 g/mol. The third-order valence-corrected chi connectivity index (χ3v) is 3.37. The van der Waals surface area contributed by atoms with Crippen LogP contribution in [0.1, 0.15) is 20.7 Å². The van der Waals surface area contributed by atoms with E-state index in [4.69, 9.17) is 4.74 Å². The Bertz CT molecular complexity index is 754. The maximum absolute atomic E-state index is 12.3. The van der Waals surface area contributed by atoms with Crippen molar-refractivity contribution in [2.45, 2.75) is 6.61 Å². The van der Waals surface area contributed by atoms with Gasteiger partial charge in [0.05, 0.1) is 7.11 Å². The van der Waals surface area contributed by atoms with E-state index in [1.165, 1.54) is 25.3 Å². The van der Waals surface area contributed by atoms with Crippen molar-refractivity contribution < 1.29 is 27.8 Å². The van der Waals surface area contributed by atoms with Gasteiger partial charge >= 0.3 is 6.61 Å². The molecule has 138 valence electrons. The van der Waals surface area contributed by atoms with Gasteiger partial charge in [-0.1, -0.05) is 18.2 Å². The first-order valence-electron chi connectivity index (χ1n) is 7.75. The molecule has 0 atom stereocenters. The number of ether oxygens (including phenoxy) is 2. The Labute approximate surface area is 149 Å². The third-order valence-electron chi connectivity index (χ3n) is 3.37. The van der Waals surface area contributed by atoms with Crippen molar-refractivity contribution in [1.82, 2.24) is 10.6 Å². The van der Waals surface area contributed by atoms with Crippen molar-refractivity contribution in [2.24, 2.45) is 0 Å². The lowest BCUT2D eigenvalue weighted by molar-refractivity contribution is -0.0512. The number of amides is 2. The maximum Gasteiger partial charge on any atom is 0.387 e. The molecule has 2 N–H and O–H groups in total. The van der Waals surface area contributed by atoms with Crippen LogP contribution in [-0.2, 0) is 0 Å². The van der Waals surface area contributed by atoms with Gasteiger partial charge in [0.1, 0.15) is 0 Å². The second-order valence-corrected chi connectivity index (χ2v) is 5.12. The first-order chi connectivity index (χ1) is 12.5. The molecule has 0 radical (unpaired) electrons. The number of carbonyl (C=O) groups is 2. The van der Waals surface area contributed by atoms with E-state index < -0.39 is 12.5 Å². The normalized spacial score (nSPS) is 10.3. The van der Waals surface area contributed by atoms with Gasteiger partial charge in [0.25, 0.3) is 11.8 Å². The fourth-order valence-electron chi connectivity index (χ4n) is 2.15. The lowest BCUT2D eigenvalue weighted by atomic mass is 10.2. The number of carbonyl (C=O) groups excluding carboxylic acids is 2. The highest BCUT2D eigenvalue weighted by Gasteiger charge is 2.14. The van der Waals surface area contributed by atoms with E-state index in [0.29, 0.717) is 5.56 Å². The van der Waals surface area contributed by atoms with E-state index >= 15 is 0 Å². The molecule has 0 aromatic heterocycles. The third kappa shape index (κ3) is 5.44. The predicted molar refractivity (Wildman–Crippen MR) is 90.7 cm³/mol. The molecular formula is C18H18F2N2O4. The number of halogens is 2. The zero-order chi connectivity index (χ0) is 18.9. The molecule has 2 rings (SSSR count). The van der Waals surface area contributed by atoms with E-state index in [1.807, 2.05) is 6.07 Å². The molecule has 0 aliphatic rings. The van der Waals surface area contributed by atoms with E-state index in [9.17, 15) is 18.4 Å². The first-order valence-corrected chi connectivity index (χ1v) is 7.75. The summed E-state index contributed by atoms with van der Waals surface area (Å²) in [5, 5.41) is 5.30. The van der Waals surface area contributed by atoms with Crippen molar-refractivity contribution >= 4 is 11.8 Å². The zero-order valence-corrected chi connectivity index (χ0v) is 14.0. The number of methoxy groups -OCH3 is 1. The lowest BCUT2D eigenvalue weighted by Crippen LogP contribution is -2.34. The van der Waals surface area contributed by atoms with Crippen LogP contribution in [0.4, 0.5) is 8.78 Å². The molecule has 8 heteroatoms. The van der Waals surface area contributed by atoms with E-state index in [0.717, 1.165) is 0 Å². The van der Waals surface area contributed by atoms with E-state index in [-0.39, 0.29) is 36.1 Å². The molecule has 0 aliphatic carbocycles. The molecule has 0 unspecified atom stereocenters. The zero-order valence-electron chi connectivity index (χ0n) is 14.0. The van der Waals surface area contributed by atoms with E-state index in [2.05, 4.69) is 15.4 Å². The Hall–Kier alpha value is -3.16. The molecular weight excluding hydrogens is 346 g/mol.